The third-order valence-electron chi connectivity index (χ3n) is 3.73. The standard InChI is InChI=1S/C18H19N4O3S/c1-25-18-17(20-11-14-5-3-4-10-19-14)22-16(12-21-18)13-6-8-15(9-7-13)26(2,23)24/h3-10,12,20-21H,11H2,1-2H3. The molecule has 0 spiro atoms. The minimum atomic E-state index is -3.23. The second-order valence-corrected chi connectivity index (χ2v) is 7.65. The monoisotopic (exact) mass is 371 g/mol. The van der Waals surface area contributed by atoms with Gasteiger partial charge in [-0.15, -0.1) is 0 Å². The van der Waals surface area contributed by atoms with Crippen LogP contribution in [-0.4, -0.2) is 32.5 Å². The van der Waals surface area contributed by atoms with Gasteiger partial charge < -0.3 is 15.4 Å². The number of methoxy groups -OCH3 is 1. The minimum Gasteiger partial charge on any atom is -0.480 e. The molecule has 7 nitrogen and oxygen atoms in total. The molecule has 0 unspecified atom stereocenters. The van der Waals surface area contributed by atoms with E-state index in [1.165, 1.54) is 6.26 Å². The molecule has 26 heavy (non-hydrogen) atoms. The van der Waals surface area contributed by atoms with Crippen LogP contribution in [0, 0.1) is 6.54 Å². The molecule has 135 valence electrons. The largest absolute Gasteiger partial charge is 0.480 e. The lowest BCUT2D eigenvalue weighted by Gasteiger charge is -2.20. The van der Waals surface area contributed by atoms with Crippen molar-refractivity contribution in [1.82, 2.24) is 15.6 Å². The Hall–Kier alpha value is -2.87. The molecular weight excluding hydrogens is 352 g/mol. The molecule has 0 atom stereocenters. The van der Waals surface area contributed by atoms with Crippen LogP contribution in [0.3, 0.4) is 0 Å². The number of hydrogen-bond donors (Lipinski definition) is 2. The Bertz CT molecular complexity index is 936. The van der Waals surface area contributed by atoms with E-state index in [2.05, 4.69) is 20.6 Å². The molecule has 2 heterocycles. The number of nitrogens with one attached hydrogen (secondary N) is 2. The highest BCUT2D eigenvalue weighted by Gasteiger charge is 2.17. The molecule has 0 amide bonds. The first kappa shape index (κ1) is 17.9. The number of pyridine rings is 1. The number of aromatic nitrogens is 1. The fourth-order valence-electron chi connectivity index (χ4n) is 2.38. The first-order valence-corrected chi connectivity index (χ1v) is 9.77. The van der Waals surface area contributed by atoms with Gasteiger partial charge in [-0.2, -0.15) is 0 Å². The molecule has 0 fully saturated rings. The molecule has 0 bridgehead atoms. The second kappa shape index (κ2) is 7.57. The molecule has 0 saturated carbocycles. The second-order valence-electron chi connectivity index (χ2n) is 5.64. The van der Waals surface area contributed by atoms with Crippen LogP contribution in [0.2, 0.25) is 0 Å². The van der Waals surface area contributed by atoms with Crippen LogP contribution in [-0.2, 0) is 21.1 Å². The Morgan fingerprint density at radius 3 is 2.54 bits per heavy atom. The fourth-order valence-corrected chi connectivity index (χ4v) is 3.01. The summed E-state index contributed by atoms with van der Waals surface area (Å²) < 4.78 is 28.5. The summed E-state index contributed by atoms with van der Waals surface area (Å²) in [4.78, 5) is 9.11. The van der Waals surface area contributed by atoms with Crippen LogP contribution < -0.4 is 10.6 Å². The molecule has 1 aromatic carbocycles. The maximum atomic E-state index is 11.6. The first-order chi connectivity index (χ1) is 12.5. The Kier molecular flexibility index (Phi) is 5.22. The highest BCUT2D eigenvalue weighted by molar-refractivity contribution is 7.90. The van der Waals surface area contributed by atoms with E-state index >= 15 is 0 Å². The number of nitrogens with zero attached hydrogens (tertiary/aromatic N) is 2. The summed E-state index contributed by atoms with van der Waals surface area (Å²) in [5.74, 6) is 1.04. The van der Waals surface area contributed by atoms with Gasteiger partial charge in [-0.05, 0) is 29.8 Å². The van der Waals surface area contributed by atoms with Crippen LogP contribution >= 0.6 is 0 Å². The summed E-state index contributed by atoms with van der Waals surface area (Å²) in [6, 6.07) is 12.3. The zero-order chi connectivity index (χ0) is 18.6. The van der Waals surface area contributed by atoms with Crippen LogP contribution in [0.5, 0.6) is 0 Å². The summed E-state index contributed by atoms with van der Waals surface area (Å²) in [7, 11) is -1.67. The summed E-state index contributed by atoms with van der Waals surface area (Å²) >= 11 is 0. The summed E-state index contributed by atoms with van der Waals surface area (Å²) in [5.41, 5.74) is 2.32. The van der Waals surface area contributed by atoms with Gasteiger partial charge in [0.05, 0.1) is 36.5 Å². The molecule has 1 aliphatic rings. The maximum absolute atomic E-state index is 11.6. The highest BCUT2D eigenvalue weighted by atomic mass is 32.2. The SMILES string of the molecule is COC1=C(NCc2ccccn2)N=C(c2ccc(S(C)(=O)=O)cc2)[CH]N1. The predicted octanol–water partition coefficient (Wildman–Crippen LogP) is 1.60. The molecular formula is C18H19N4O3S. The van der Waals surface area contributed by atoms with E-state index in [0.717, 1.165) is 11.3 Å². The van der Waals surface area contributed by atoms with E-state index in [0.29, 0.717) is 24.0 Å². The third-order valence-corrected chi connectivity index (χ3v) is 4.86. The van der Waals surface area contributed by atoms with Gasteiger partial charge >= 0.3 is 0 Å². The molecule has 8 heteroatoms. The van der Waals surface area contributed by atoms with Gasteiger partial charge in [-0.1, -0.05) is 18.2 Å². The van der Waals surface area contributed by atoms with Gasteiger partial charge in [0.1, 0.15) is 0 Å². The van der Waals surface area contributed by atoms with Crippen molar-refractivity contribution in [3.8, 4) is 0 Å². The van der Waals surface area contributed by atoms with E-state index in [1.807, 2.05) is 18.2 Å². The number of rotatable bonds is 6. The van der Waals surface area contributed by atoms with E-state index < -0.39 is 9.84 Å². The summed E-state index contributed by atoms with van der Waals surface area (Å²) in [6.07, 6.45) is 2.91. The quantitative estimate of drug-likeness (QED) is 0.801. The van der Waals surface area contributed by atoms with Gasteiger partial charge in [-0.3, -0.25) is 4.98 Å². The molecule has 1 aromatic heterocycles. The number of sulfone groups is 1. The highest BCUT2D eigenvalue weighted by Crippen LogP contribution is 2.16. The van der Waals surface area contributed by atoms with Crippen molar-refractivity contribution in [2.75, 3.05) is 13.4 Å². The predicted molar refractivity (Wildman–Crippen MR) is 98.6 cm³/mol. The molecule has 2 N–H and O–H groups in total. The van der Waals surface area contributed by atoms with Crippen molar-refractivity contribution in [3.05, 3.63) is 78.2 Å². The normalized spacial score (nSPS) is 14.5. The lowest BCUT2D eigenvalue weighted by atomic mass is 10.1. The van der Waals surface area contributed by atoms with Gasteiger partial charge in [0.25, 0.3) is 0 Å². The Balaban J connectivity index is 1.82. The Morgan fingerprint density at radius 1 is 1.15 bits per heavy atom. The van der Waals surface area contributed by atoms with Gasteiger partial charge in [0, 0.05) is 12.5 Å². The third kappa shape index (κ3) is 4.20. The van der Waals surface area contributed by atoms with Crippen molar-refractivity contribution >= 4 is 15.5 Å². The van der Waals surface area contributed by atoms with Crippen molar-refractivity contribution in [3.63, 3.8) is 0 Å². The lowest BCUT2D eigenvalue weighted by Crippen LogP contribution is -2.29. The molecule has 1 aliphatic heterocycles. The first-order valence-electron chi connectivity index (χ1n) is 7.88. The average Bonchev–Trinajstić information content (AvgIpc) is 2.66. The average molecular weight is 371 g/mol. The van der Waals surface area contributed by atoms with E-state index in [1.54, 1.807) is 44.1 Å². The van der Waals surface area contributed by atoms with E-state index in [4.69, 9.17) is 4.74 Å². The van der Waals surface area contributed by atoms with Crippen molar-refractivity contribution in [1.29, 1.82) is 0 Å². The maximum Gasteiger partial charge on any atom is 0.231 e. The Morgan fingerprint density at radius 2 is 1.92 bits per heavy atom. The smallest absolute Gasteiger partial charge is 0.231 e. The number of ether oxygens (including phenoxy) is 1. The Labute approximate surface area is 152 Å². The fraction of sp³-hybridized carbons (Fsp3) is 0.167. The summed E-state index contributed by atoms with van der Waals surface area (Å²) in [5, 5.41) is 6.25. The zero-order valence-corrected chi connectivity index (χ0v) is 15.2. The molecule has 3 rings (SSSR count). The molecule has 0 aliphatic carbocycles. The van der Waals surface area contributed by atoms with Crippen LogP contribution in [0.1, 0.15) is 11.3 Å². The van der Waals surface area contributed by atoms with Crippen LogP contribution in [0.4, 0.5) is 0 Å². The molecule has 0 saturated heterocycles. The number of benzene rings is 1. The number of aliphatic imine (C=N–C) groups is 1. The molecule has 2 aromatic rings. The van der Waals surface area contributed by atoms with Gasteiger partial charge in [-0.25, -0.2) is 13.4 Å². The van der Waals surface area contributed by atoms with Crippen molar-refractivity contribution in [2.45, 2.75) is 11.4 Å². The van der Waals surface area contributed by atoms with Crippen molar-refractivity contribution in [2.24, 2.45) is 4.99 Å². The topological polar surface area (TPSA) is 92.7 Å². The van der Waals surface area contributed by atoms with Crippen LogP contribution in [0.15, 0.2) is 70.3 Å². The van der Waals surface area contributed by atoms with E-state index in [9.17, 15) is 8.42 Å². The van der Waals surface area contributed by atoms with Crippen LogP contribution in [0.25, 0.3) is 0 Å². The van der Waals surface area contributed by atoms with Gasteiger partial charge in [0.15, 0.2) is 15.7 Å². The van der Waals surface area contributed by atoms with E-state index in [-0.39, 0.29) is 4.90 Å². The van der Waals surface area contributed by atoms with Gasteiger partial charge in [0.2, 0.25) is 5.88 Å². The molecule has 1 radical (unpaired) electrons. The minimum absolute atomic E-state index is 0.271. The summed E-state index contributed by atoms with van der Waals surface area (Å²) in [6.45, 7) is 2.20. The zero-order valence-electron chi connectivity index (χ0n) is 14.4. The van der Waals surface area contributed by atoms with Crippen molar-refractivity contribution < 1.29 is 13.2 Å². The lowest BCUT2D eigenvalue weighted by molar-refractivity contribution is 0.259. The number of hydrogen-bond acceptors (Lipinski definition) is 7.